The number of esters is 1. The van der Waals surface area contributed by atoms with Gasteiger partial charge in [-0.3, -0.25) is 20.4 Å². The molecule has 2 rings (SSSR count). The van der Waals surface area contributed by atoms with Crippen LogP contribution in [-0.4, -0.2) is 58.9 Å². The minimum Gasteiger partial charge on any atom is -0.478 e. The Kier molecular flexibility index (Phi) is 11.1. The molecule has 0 saturated carbocycles. The summed E-state index contributed by atoms with van der Waals surface area (Å²) in [5, 5.41) is 12.1. The first-order chi connectivity index (χ1) is 19.0. The van der Waals surface area contributed by atoms with Crippen molar-refractivity contribution in [3.63, 3.8) is 0 Å². The third-order valence-corrected chi connectivity index (χ3v) is 4.67. The molecule has 4 N–H and O–H groups in total. The van der Waals surface area contributed by atoms with Crippen LogP contribution in [0, 0.1) is 0 Å². The summed E-state index contributed by atoms with van der Waals surface area (Å²) in [5.41, 5.74) is 3.62. The standard InChI is InChI=1S/C28H35N3O10/c1-27(2,3)40-21(32)16-38-19-9-7-8-10-20(19)39-22(25(35)36)24(34)31-30-23(33)18-13-11-17(12-14-18)15-29-26(37)41-28(4,5)6/h7-14,22H,15-16H2,1-6H3,(H,29,37)(H,30,33)(H,31,34)(H,35,36). The zero-order chi connectivity index (χ0) is 30.8. The van der Waals surface area contributed by atoms with E-state index in [0.29, 0.717) is 5.56 Å². The van der Waals surface area contributed by atoms with Gasteiger partial charge in [-0.05, 0) is 71.4 Å². The van der Waals surface area contributed by atoms with E-state index in [2.05, 4.69) is 10.7 Å². The zero-order valence-electron chi connectivity index (χ0n) is 23.7. The van der Waals surface area contributed by atoms with E-state index in [4.69, 9.17) is 18.9 Å². The van der Waals surface area contributed by atoms with Gasteiger partial charge in [0.15, 0.2) is 18.1 Å². The molecule has 0 fully saturated rings. The van der Waals surface area contributed by atoms with Gasteiger partial charge in [-0.25, -0.2) is 14.4 Å². The van der Waals surface area contributed by atoms with E-state index in [9.17, 15) is 29.1 Å². The van der Waals surface area contributed by atoms with Crippen LogP contribution in [0.15, 0.2) is 48.5 Å². The molecular formula is C28H35N3O10. The lowest BCUT2D eigenvalue weighted by atomic mass is 10.1. The highest BCUT2D eigenvalue weighted by Gasteiger charge is 2.30. The molecule has 13 heteroatoms. The van der Waals surface area contributed by atoms with Crippen LogP contribution in [0.2, 0.25) is 0 Å². The number of hydrazine groups is 1. The molecule has 0 spiro atoms. The first-order valence-electron chi connectivity index (χ1n) is 12.5. The number of carboxylic acids is 1. The fraction of sp³-hybridized carbons (Fsp3) is 0.393. The van der Waals surface area contributed by atoms with Crippen LogP contribution in [0.5, 0.6) is 11.5 Å². The Morgan fingerprint density at radius 2 is 1.39 bits per heavy atom. The number of alkyl carbamates (subject to hydrolysis) is 1. The quantitative estimate of drug-likeness (QED) is 0.188. The predicted molar refractivity (Wildman–Crippen MR) is 145 cm³/mol. The number of carboxylic acid groups (broad SMARTS) is 1. The number of para-hydroxylation sites is 2. The molecule has 0 saturated heterocycles. The fourth-order valence-electron chi connectivity index (χ4n) is 3.04. The number of rotatable bonds is 10. The van der Waals surface area contributed by atoms with Crippen molar-refractivity contribution in [3.8, 4) is 11.5 Å². The van der Waals surface area contributed by atoms with Gasteiger partial charge in [0, 0.05) is 12.1 Å². The number of hydrogen-bond donors (Lipinski definition) is 4. The molecule has 13 nitrogen and oxygen atoms in total. The van der Waals surface area contributed by atoms with Crippen molar-refractivity contribution in [2.24, 2.45) is 0 Å². The van der Waals surface area contributed by atoms with Crippen molar-refractivity contribution in [2.75, 3.05) is 6.61 Å². The predicted octanol–water partition coefficient (Wildman–Crippen LogP) is 2.73. The monoisotopic (exact) mass is 573 g/mol. The van der Waals surface area contributed by atoms with Crippen molar-refractivity contribution >= 4 is 29.8 Å². The number of nitrogens with one attached hydrogen (secondary N) is 3. The molecule has 0 aliphatic carbocycles. The SMILES string of the molecule is CC(C)(C)OC(=O)COc1ccccc1OC(C(=O)O)C(=O)NNC(=O)c1ccc(CNC(=O)OC(C)(C)C)cc1. The zero-order valence-corrected chi connectivity index (χ0v) is 23.7. The van der Waals surface area contributed by atoms with Crippen molar-refractivity contribution in [3.05, 3.63) is 59.7 Å². The summed E-state index contributed by atoms with van der Waals surface area (Å²) in [5.74, 6) is -4.32. The van der Waals surface area contributed by atoms with Gasteiger partial charge >= 0.3 is 18.0 Å². The number of ether oxygens (including phenoxy) is 4. The van der Waals surface area contributed by atoms with Gasteiger partial charge in [0.25, 0.3) is 17.9 Å². The molecule has 0 bridgehead atoms. The molecule has 3 amide bonds. The summed E-state index contributed by atoms with van der Waals surface area (Å²) in [4.78, 5) is 60.5. The topological polar surface area (TPSA) is 179 Å². The molecule has 1 unspecified atom stereocenters. The van der Waals surface area contributed by atoms with Crippen LogP contribution in [0.1, 0.15) is 57.5 Å². The molecule has 0 aromatic heterocycles. The first-order valence-corrected chi connectivity index (χ1v) is 12.5. The molecule has 0 aliphatic heterocycles. The van der Waals surface area contributed by atoms with E-state index >= 15 is 0 Å². The lowest BCUT2D eigenvalue weighted by Crippen LogP contribution is -2.50. The number of aliphatic carboxylic acids is 1. The van der Waals surface area contributed by atoms with Gasteiger partial charge in [-0.1, -0.05) is 24.3 Å². The van der Waals surface area contributed by atoms with Crippen molar-refractivity contribution in [1.82, 2.24) is 16.2 Å². The second kappa shape index (κ2) is 14.0. The van der Waals surface area contributed by atoms with E-state index in [1.165, 1.54) is 30.3 Å². The third-order valence-electron chi connectivity index (χ3n) is 4.67. The normalized spacial score (nSPS) is 11.9. The summed E-state index contributed by atoms with van der Waals surface area (Å²) in [6.07, 6.45) is -2.66. The first kappa shape index (κ1) is 32.4. The maximum atomic E-state index is 12.6. The molecule has 0 aliphatic rings. The lowest BCUT2D eigenvalue weighted by molar-refractivity contribution is -0.157. The Labute approximate surface area is 237 Å². The Morgan fingerprint density at radius 1 is 0.805 bits per heavy atom. The Balaban J connectivity index is 1.95. The van der Waals surface area contributed by atoms with Crippen LogP contribution >= 0.6 is 0 Å². The van der Waals surface area contributed by atoms with Gasteiger partial charge in [0.05, 0.1) is 0 Å². The van der Waals surface area contributed by atoms with Gasteiger partial charge in [-0.2, -0.15) is 0 Å². The maximum Gasteiger partial charge on any atom is 0.407 e. The average molecular weight is 574 g/mol. The van der Waals surface area contributed by atoms with E-state index in [-0.39, 0.29) is 23.6 Å². The highest BCUT2D eigenvalue weighted by atomic mass is 16.6. The van der Waals surface area contributed by atoms with E-state index in [0.717, 1.165) is 0 Å². The summed E-state index contributed by atoms with van der Waals surface area (Å²) < 4.78 is 21.1. The fourth-order valence-corrected chi connectivity index (χ4v) is 3.04. The summed E-state index contributed by atoms with van der Waals surface area (Å²) in [6, 6.07) is 11.9. The number of hydrogen-bond acceptors (Lipinski definition) is 9. The van der Waals surface area contributed by atoms with Gasteiger partial charge in [0.2, 0.25) is 0 Å². The van der Waals surface area contributed by atoms with E-state index < -0.39 is 53.8 Å². The summed E-state index contributed by atoms with van der Waals surface area (Å²) in [7, 11) is 0. The van der Waals surface area contributed by atoms with E-state index in [1.54, 1.807) is 59.7 Å². The minimum atomic E-state index is -2.07. The molecule has 41 heavy (non-hydrogen) atoms. The van der Waals surface area contributed by atoms with Gasteiger partial charge in [0.1, 0.15) is 11.2 Å². The largest absolute Gasteiger partial charge is 0.478 e. The highest BCUT2D eigenvalue weighted by Crippen LogP contribution is 2.27. The number of carbonyl (C=O) groups excluding carboxylic acids is 4. The number of benzene rings is 2. The summed E-state index contributed by atoms with van der Waals surface area (Å²) >= 11 is 0. The van der Waals surface area contributed by atoms with Crippen LogP contribution in [0.4, 0.5) is 4.79 Å². The van der Waals surface area contributed by atoms with Crippen molar-refractivity contribution in [1.29, 1.82) is 0 Å². The lowest BCUT2D eigenvalue weighted by Gasteiger charge is -2.20. The molecule has 0 heterocycles. The summed E-state index contributed by atoms with van der Waals surface area (Å²) in [6.45, 7) is 9.99. The molecule has 1 atom stereocenters. The molecule has 0 radical (unpaired) electrons. The Bertz CT molecular complexity index is 1250. The number of carbonyl (C=O) groups is 5. The number of amides is 3. The van der Waals surface area contributed by atoms with Crippen LogP contribution in [-0.2, 0) is 30.4 Å². The molecular weight excluding hydrogens is 538 g/mol. The molecule has 2 aromatic rings. The van der Waals surface area contributed by atoms with Crippen molar-refractivity contribution in [2.45, 2.75) is 65.4 Å². The van der Waals surface area contributed by atoms with Gasteiger partial charge < -0.3 is 29.4 Å². The van der Waals surface area contributed by atoms with E-state index in [1.807, 2.05) is 5.43 Å². The van der Waals surface area contributed by atoms with Crippen molar-refractivity contribution < 1.29 is 48.0 Å². The Hall–Kier alpha value is -4.81. The average Bonchev–Trinajstić information content (AvgIpc) is 2.86. The second-order valence-corrected chi connectivity index (χ2v) is 10.7. The van der Waals surface area contributed by atoms with Crippen LogP contribution in [0.25, 0.3) is 0 Å². The third kappa shape index (κ3) is 11.9. The highest BCUT2D eigenvalue weighted by molar-refractivity contribution is 6.02. The molecule has 2 aromatic carbocycles. The minimum absolute atomic E-state index is 0.00249. The maximum absolute atomic E-state index is 12.6. The van der Waals surface area contributed by atoms with Crippen LogP contribution < -0.4 is 25.6 Å². The second-order valence-electron chi connectivity index (χ2n) is 10.7. The molecule has 222 valence electrons. The van der Waals surface area contributed by atoms with Gasteiger partial charge in [-0.15, -0.1) is 0 Å². The van der Waals surface area contributed by atoms with Crippen LogP contribution in [0.3, 0.4) is 0 Å². The smallest absolute Gasteiger partial charge is 0.407 e. The Morgan fingerprint density at radius 3 is 1.95 bits per heavy atom.